The third-order valence-electron chi connectivity index (χ3n) is 2.15. The highest BCUT2D eigenvalue weighted by atomic mass is 32.1. The van der Waals surface area contributed by atoms with E-state index in [9.17, 15) is 0 Å². The van der Waals surface area contributed by atoms with Crippen LogP contribution in [0.2, 0.25) is 0 Å². The molecule has 0 bridgehead atoms. The molecule has 90 valence electrons. The molecule has 2 heterocycles. The van der Waals surface area contributed by atoms with Crippen LogP contribution >= 0.6 is 11.3 Å². The smallest absolute Gasteiger partial charge is 0.108 e. The summed E-state index contributed by atoms with van der Waals surface area (Å²) in [6.07, 6.45) is 5.08. The number of aromatic nitrogens is 3. The van der Waals surface area contributed by atoms with E-state index in [1.54, 1.807) is 29.9 Å². The lowest BCUT2D eigenvalue weighted by molar-refractivity contribution is 0.424. The zero-order chi connectivity index (χ0) is 12.3. The molecule has 2 aromatic rings. The van der Waals surface area contributed by atoms with Crippen LogP contribution in [0.15, 0.2) is 24.0 Å². The van der Waals surface area contributed by atoms with Crippen molar-refractivity contribution in [3.63, 3.8) is 0 Å². The summed E-state index contributed by atoms with van der Waals surface area (Å²) in [4.78, 5) is 12.8. The zero-order valence-corrected chi connectivity index (χ0v) is 11.1. The van der Waals surface area contributed by atoms with Gasteiger partial charge in [0, 0.05) is 29.9 Å². The molecule has 4 nitrogen and oxygen atoms in total. The molecule has 0 aromatic carbocycles. The number of hydrogen-bond acceptors (Lipinski definition) is 5. The Morgan fingerprint density at radius 2 is 2.06 bits per heavy atom. The van der Waals surface area contributed by atoms with Crippen molar-refractivity contribution in [2.75, 3.05) is 0 Å². The van der Waals surface area contributed by atoms with E-state index < -0.39 is 0 Å². The van der Waals surface area contributed by atoms with Crippen molar-refractivity contribution < 1.29 is 0 Å². The van der Waals surface area contributed by atoms with Gasteiger partial charge in [-0.2, -0.15) is 0 Å². The van der Waals surface area contributed by atoms with E-state index in [2.05, 4.69) is 41.0 Å². The maximum Gasteiger partial charge on any atom is 0.108 e. The average molecular weight is 248 g/mol. The Morgan fingerprint density at radius 3 is 2.71 bits per heavy atom. The lowest BCUT2D eigenvalue weighted by Crippen LogP contribution is -2.34. The predicted octanol–water partition coefficient (Wildman–Crippen LogP) is 2.49. The number of hydrogen-bond donors (Lipinski definition) is 1. The minimum Gasteiger partial charge on any atom is -0.306 e. The molecule has 17 heavy (non-hydrogen) atoms. The minimum absolute atomic E-state index is 0.110. The molecule has 0 aliphatic rings. The molecular weight excluding hydrogens is 232 g/mol. The molecule has 0 saturated carbocycles. The largest absolute Gasteiger partial charge is 0.306 e. The average Bonchev–Trinajstić information content (AvgIpc) is 2.75. The number of thiazole rings is 1. The van der Waals surface area contributed by atoms with Crippen molar-refractivity contribution in [3.05, 3.63) is 29.0 Å². The first-order chi connectivity index (χ1) is 8.04. The Balaban J connectivity index is 2.07. The fourth-order valence-corrected chi connectivity index (χ4v) is 2.01. The molecular formula is C12H16N4S. The quantitative estimate of drug-likeness (QED) is 0.906. The molecule has 0 fully saturated rings. The molecule has 0 aliphatic carbocycles. The Bertz CT molecular complexity index is 473. The van der Waals surface area contributed by atoms with Gasteiger partial charge in [-0.3, -0.25) is 9.97 Å². The van der Waals surface area contributed by atoms with Gasteiger partial charge in [-0.05, 0) is 20.8 Å². The summed E-state index contributed by atoms with van der Waals surface area (Å²) >= 11 is 1.64. The first kappa shape index (κ1) is 12.1. The predicted molar refractivity (Wildman–Crippen MR) is 69.7 cm³/mol. The van der Waals surface area contributed by atoms with E-state index in [0.29, 0.717) is 0 Å². The van der Waals surface area contributed by atoms with E-state index >= 15 is 0 Å². The first-order valence-corrected chi connectivity index (χ1v) is 6.38. The summed E-state index contributed by atoms with van der Waals surface area (Å²) in [6.45, 7) is 7.22. The fourth-order valence-electron chi connectivity index (χ4n) is 1.28. The van der Waals surface area contributed by atoms with Gasteiger partial charge in [-0.1, -0.05) is 0 Å². The fraction of sp³-hybridized carbons (Fsp3) is 0.417. The third kappa shape index (κ3) is 3.57. The third-order valence-corrected chi connectivity index (χ3v) is 3.00. The van der Waals surface area contributed by atoms with Gasteiger partial charge in [0.1, 0.15) is 16.4 Å². The highest BCUT2D eigenvalue weighted by Gasteiger charge is 2.11. The normalized spacial score (nSPS) is 11.7. The van der Waals surface area contributed by atoms with E-state index in [1.165, 1.54) is 0 Å². The Morgan fingerprint density at radius 1 is 1.24 bits per heavy atom. The molecule has 0 amide bonds. The second-order valence-electron chi connectivity index (χ2n) is 4.82. The topological polar surface area (TPSA) is 50.7 Å². The lowest BCUT2D eigenvalue weighted by atomic mass is 10.1. The van der Waals surface area contributed by atoms with Gasteiger partial charge in [-0.25, -0.2) is 4.98 Å². The van der Waals surface area contributed by atoms with Crippen LogP contribution in [0.4, 0.5) is 0 Å². The standard InChI is InChI=1S/C12H16N4S/c1-12(2,3)15-7-11-16-10(8-17-11)9-6-13-4-5-14-9/h4-6,8,15H,7H2,1-3H3. The summed E-state index contributed by atoms with van der Waals surface area (Å²) in [7, 11) is 0. The summed E-state index contributed by atoms with van der Waals surface area (Å²) in [6, 6.07) is 0. The molecule has 5 heteroatoms. The Kier molecular flexibility index (Phi) is 3.49. The maximum atomic E-state index is 4.54. The Hall–Kier alpha value is -1.33. The van der Waals surface area contributed by atoms with E-state index in [-0.39, 0.29) is 5.54 Å². The molecule has 0 spiro atoms. The molecule has 0 unspecified atom stereocenters. The van der Waals surface area contributed by atoms with Crippen LogP contribution in [0.25, 0.3) is 11.4 Å². The van der Waals surface area contributed by atoms with Gasteiger partial charge < -0.3 is 5.32 Å². The summed E-state index contributed by atoms with van der Waals surface area (Å²) in [5.41, 5.74) is 1.83. The zero-order valence-electron chi connectivity index (χ0n) is 10.3. The molecule has 0 atom stereocenters. The second kappa shape index (κ2) is 4.89. The number of nitrogens with one attached hydrogen (secondary N) is 1. The van der Waals surface area contributed by atoms with Crippen molar-refractivity contribution in [2.24, 2.45) is 0 Å². The molecule has 0 saturated heterocycles. The lowest BCUT2D eigenvalue weighted by Gasteiger charge is -2.19. The molecule has 2 rings (SSSR count). The monoisotopic (exact) mass is 248 g/mol. The second-order valence-corrected chi connectivity index (χ2v) is 5.76. The SMILES string of the molecule is CC(C)(C)NCc1nc(-c2cnccn2)cs1. The first-order valence-electron chi connectivity index (χ1n) is 5.50. The van der Waals surface area contributed by atoms with Gasteiger partial charge >= 0.3 is 0 Å². The Labute approximate surface area is 105 Å². The maximum absolute atomic E-state index is 4.54. The highest BCUT2D eigenvalue weighted by molar-refractivity contribution is 7.09. The molecule has 2 aromatic heterocycles. The minimum atomic E-state index is 0.110. The van der Waals surface area contributed by atoms with E-state index in [1.807, 2.05) is 5.38 Å². The van der Waals surface area contributed by atoms with Gasteiger partial charge in [0.25, 0.3) is 0 Å². The van der Waals surface area contributed by atoms with E-state index in [4.69, 9.17) is 0 Å². The van der Waals surface area contributed by atoms with Gasteiger partial charge in [-0.15, -0.1) is 11.3 Å². The van der Waals surface area contributed by atoms with Crippen molar-refractivity contribution >= 4 is 11.3 Å². The van der Waals surface area contributed by atoms with Gasteiger partial charge in [0.05, 0.1) is 6.20 Å². The summed E-state index contributed by atoms with van der Waals surface area (Å²) in [5.74, 6) is 0. The van der Waals surface area contributed by atoms with Crippen molar-refractivity contribution in [3.8, 4) is 11.4 Å². The van der Waals surface area contributed by atoms with Crippen LogP contribution in [0.3, 0.4) is 0 Å². The van der Waals surface area contributed by atoms with Gasteiger partial charge in [0.15, 0.2) is 0 Å². The van der Waals surface area contributed by atoms with Crippen LogP contribution in [0.5, 0.6) is 0 Å². The van der Waals surface area contributed by atoms with Crippen LogP contribution in [-0.2, 0) is 6.54 Å². The number of nitrogens with zero attached hydrogens (tertiary/aromatic N) is 3. The molecule has 0 aliphatic heterocycles. The van der Waals surface area contributed by atoms with Crippen molar-refractivity contribution in [1.29, 1.82) is 0 Å². The van der Waals surface area contributed by atoms with Crippen LogP contribution in [-0.4, -0.2) is 20.5 Å². The summed E-state index contributed by atoms with van der Waals surface area (Å²) < 4.78 is 0. The molecule has 0 radical (unpaired) electrons. The molecule has 1 N–H and O–H groups in total. The van der Waals surface area contributed by atoms with Gasteiger partial charge in [0.2, 0.25) is 0 Å². The highest BCUT2D eigenvalue weighted by Crippen LogP contribution is 2.19. The van der Waals surface area contributed by atoms with Crippen LogP contribution in [0, 0.1) is 0 Å². The van der Waals surface area contributed by atoms with E-state index in [0.717, 1.165) is 22.9 Å². The van der Waals surface area contributed by atoms with Crippen LogP contribution in [0.1, 0.15) is 25.8 Å². The summed E-state index contributed by atoms with van der Waals surface area (Å²) in [5, 5.41) is 6.50. The number of rotatable bonds is 3. The van der Waals surface area contributed by atoms with Crippen molar-refractivity contribution in [2.45, 2.75) is 32.9 Å². The van der Waals surface area contributed by atoms with Crippen molar-refractivity contribution in [1.82, 2.24) is 20.3 Å². The van der Waals surface area contributed by atoms with Crippen LogP contribution < -0.4 is 5.32 Å².